The molecule has 0 saturated heterocycles. The van der Waals surface area contributed by atoms with E-state index in [2.05, 4.69) is 20.8 Å². The van der Waals surface area contributed by atoms with E-state index in [4.69, 9.17) is 9.84 Å². The summed E-state index contributed by atoms with van der Waals surface area (Å²) in [6, 6.07) is 6.51. The summed E-state index contributed by atoms with van der Waals surface area (Å²) in [5.74, 6) is 0.401. The van der Waals surface area contributed by atoms with Crippen LogP contribution in [0.1, 0.15) is 134 Å². The van der Waals surface area contributed by atoms with Crippen molar-refractivity contribution < 1.29 is 19.7 Å². The molecule has 192 valence electrons. The number of phenolic OH excluding ortho intramolecular Hbond substituents is 1. The number of benzene rings is 1. The molecule has 1 aromatic rings. The molecule has 0 aromatic heterocycles. The second-order valence-corrected chi connectivity index (χ2v) is 9.51. The van der Waals surface area contributed by atoms with Gasteiger partial charge in [0.2, 0.25) is 0 Å². The number of para-hydroxylation sites is 1. The fourth-order valence-electron chi connectivity index (χ4n) is 3.67. The number of hydrogen-bond donors (Lipinski definition) is 2. The summed E-state index contributed by atoms with van der Waals surface area (Å²) in [5, 5.41) is 17.9. The molecule has 0 unspecified atom stereocenters. The SMILES string of the molecule is CC(C)CCCCCCCCCCCCCOC(=O)c1ccccc1O.CCCCCCO. The Hall–Kier alpha value is -1.55. The molecule has 0 heterocycles. The number of unbranched alkanes of at least 4 members (excludes halogenated alkanes) is 13. The summed E-state index contributed by atoms with van der Waals surface area (Å²) in [4.78, 5) is 11.8. The van der Waals surface area contributed by atoms with Crippen molar-refractivity contribution >= 4 is 5.97 Å². The number of esters is 1. The van der Waals surface area contributed by atoms with E-state index >= 15 is 0 Å². The van der Waals surface area contributed by atoms with Crippen molar-refractivity contribution in [3.63, 3.8) is 0 Å². The number of phenols is 1. The standard InChI is InChI=1S/C23H38O3.C6H14O/c1-20(2)16-12-10-8-6-4-3-5-7-9-11-15-19-26-23(25)21-17-13-14-18-22(21)24;1-2-3-4-5-6-7/h13-14,17-18,20,24H,3-12,15-16,19H2,1-2H3;7H,2-6H2,1H3. The minimum Gasteiger partial charge on any atom is -0.507 e. The molecule has 4 nitrogen and oxygen atoms in total. The van der Waals surface area contributed by atoms with Crippen LogP contribution in [0.2, 0.25) is 0 Å². The highest BCUT2D eigenvalue weighted by atomic mass is 16.5. The fourth-order valence-corrected chi connectivity index (χ4v) is 3.67. The van der Waals surface area contributed by atoms with Gasteiger partial charge in [-0.15, -0.1) is 0 Å². The molecule has 0 aliphatic heterocycles. The lowest BCUT2D eigenvalue weighted by Crippen LogP contribution is -2.06. The molecule has 0 amide bonds. The highest BCUT2D eigenvalue weighted by Gasteiger charge is 2.10. The lowest BCUT2D eigenvalue weighted by Gasteiger charge is -2.06. The summed E-state index contributed by atoms with van der Waals surface area (Å²) < 4.78 is 5.22. The second-order valence-electron chi connectivity index (χ2n) is 9.51. The number of aliphatic hydroxyl groups excluding tert-OH is 1. The Labute approximate surface area is 204 Å². The van der Waals surface area contributed by atoms with Crippen molar-refractivity contribution in [1.29, 1.82) is 0 Å². The van der Waals surface area contributed by atoms with Crippen LogP contribution in [-0.4, -0.2) is 29.4 Å². The molecular formula is C29H52O4. The van der Waals surface area contributed by atoms with Gasteiger partial charge in [0.05, 0.1) is 6.61 Å². The van der Waals surface area contributed by atoms with E-state index in [0.717, 1.165) is 25.2 Å². The molecular weight excluding hydrogens is 412 g/mol. The van der Waals surface area contributed by atoms with Gasteiger partial charge in [0.1, 0.15) is 11.3 Å². The Morgan fingerprint density at radius 2 is 1.30 bits per heavy atom. The van der Waals surface area contributed by atoms with E-state index in [-0.39, 0.29) is 11.3 Å². The molecule has 0 atom stereocenters. The predicted octanol–water partition coefficient (Wildman–Crippen LogP) is 8.45. The fraction of sp³-hybridized carbons (Fsp3) is 0.759. The van der Waals surface area contributed by atoms with Crippen molar-refractivity contribution in [1.82, 2.24) is 0 Å². The second kappa shape index (κ2) is 23.6. The van der Waals surface area contributed by atoms with Crippen LogP contribution in [0.4, 0.5) is 0 Å². The molecule has 4 heteroatoms. The summed E-state index contributed by atoms with van der Waals surface area (Å²) >= 11 is 0. The summed E-state index contributed by atoms with van der Waals surface area (Å²) in [5.41, 5.74) is 0.247. The number of aliphatic hydroxyl groups is 1. The number of carbonyl (C=O) groups excluding carboxylic acids is 1. The molecule has 0 radical (unpaired) electrons. The molecule has 0 aliphatic rings. The minimum atomic E-state index is -0.434. The maximum Gasteiger partial charge on any atom is 0.341 e. The van der Waals surface area contributed by atoms with Crippen LogP contribution in [0.5, 0.6) is 5.75 Å². The van der Waals surface area contributed by atoms with E-state index < -0.39 is 5.97 Å². The number of carbonyl (C=O) groups is 1. The monoisotopic (exact) mass is 464 g/mol. The van der Waals surface area contributed by atoms with Gasteiger partial charge in [0, 0.05) is 6.61 Å². The van der Waals surface area contributed by atoms with Gasteiger partial charge in [-0.1, -0.05) is 123 Å². The van der Waals surface area contributed by atoms with E-state index in [1.54, 1.807) is 18.2 Å². The lowest BCUT2D eigenvalue weighted by atomic mass is 10.0. The zero-order chi connectivity index (χ0) is 24.6. The van der Waals surface area contributed by atoms with E-state index in [9.17, 15) is 9.90 Å². The van der Waals surface area contributed by atoms with Crippen LogP contribution in [0.3, 0.4) is 0 Å². The molecule has 1 rings (SSSR count). The van der Waals surface area contributed by atoms with Gasteiger partial charge in [0.15, 0.2) is 0 Å². The van der Waals surface area contributed by atoms with Crippen LogP contribution < -0.4 is 0 Å². The summed E-state index contributed by atoms with van der Waals surface area (Å²) in [6.07, 6.45) is 20.2. The van der Waals surface area contributed by atoms with Crippen LogP contribution in [0, 0.1) is 5.92 Å². The quantitative estimate of drug-likeness (QED) is 0.159. The Bertz CT molecular complexity index is 552. The van der Waals surface area contributed by atoms with Crippen molar-refractivity contribution in [2.75, 3.05) is 13.2 Å². The maximum atomic E-state index is 11.8. The zero-order valence-electron chi connectivity index (χ0n) is 21.8. The molecule has 0 aliphatic carbocycles. The van der Waals surface area contributed by atoms with E-state index in [1.165, 1.54) is 89.5 Å². The Morgan fingerprint density at radius 1 is 0.788 bits per heavy atom. The van der Waals surface area contributed by atoms with E-state index in [1.807, 2.05) is 0 Å². The third-order valence-electron chi connectivity index (χ3n) is 5.79. The number of ether oxygens (including phenoxy) is 1. The summed E-state index contributed by atoms with van der Waals surface area (Å²) in [6.45, 7) is 7.57. The maximum absolute atomic E-state index is 11.8. The largest absolute Gasteiger partial charge is 0.507 e. The van der Waals surface area contributed by atoms with Gasteiger partial charge in [-0.05, 0) is 30.9 Å². The molecule has 1 aromatic carbocycles. The van der Waals surface area contributed by atoms with Gasteiger partial charge < -0.3 is 14.9 Å². The highest BCUT2D eigenvalue weighted by Crippen LogP contribution is 2.17. The predicted molar refractivity (Wildman–Crippen MR) is 140 cm³/mol. The number of rotatable bonds is 19. The Kier molecular flexibility index (Phi) is 22.5. The van der Waals surface area contributed by atoms with Crippen LogP contribution in [0.15, 0.2) is 24.3 Å². The Balaban J connectivity index is 0.00000126. The first-order valence-corrected chi connectivity index (χ1v) is 13.6. The van der Waals surface area contributed by atoms with Crippen molar-refractivity contribution in [3.8, 4) is 5.75 Å². The first-order chi connectivity index (χ1) is 16.0. The first kappa shape index (κ1) is 31.4. The van der Waals surface area contributed by atoms with Gasteiger partial charge in [-0.3, -0.25) is 0 Å². The van der Waals surface area contributed by atoms with Crippen LogP contribution in [0.25, 0.3) is 0 Å². The Morgan fingerprint density at radius 3 is 1.82 bits per heavy atom. The first-order valence-electron chi connectivity index (χ1n) is 13.6. The average Bonchev–Trinajstić information content (AvgIpc) is 2.80. The highest BCUT2D eigenvalue weighted by molar-refractivity contribution is 5.92. The van der Waals surface area contributed by atoms with Gasteiger partial charge in [-0.2, -0.15) is 0 Å². The van der Waals surface area contributed by atoms with Crippen molar-refractivity contribution in [2.24, 2.45) is 5.92 Å². The van der Waals surface area contributed by atoms with Crippen molar-refractivity contribution in [2.45, 2.75) is 124 Å². The summed E-state index contributed by atoms with van der Waals surface area (Å²) in [7, 11) is 0. The third-order valence-corrected chi connectivity index (χ3v) is 5.79. The van der Waals surface area contributed by atoms with Gasteiger partial charge in [-0.25, -0.2) is 4.79 Å². The van der Waals surface area contributed by atoms with Crippen LogP contribution >= 0.6 is 0 Å². The molecule has 0 saturated carbocycles. The van der Waals surface area contributed by atoms with E-state index in [0.29, 0.717) is 13.2 Å². The molecule has 33 heavy (non-hydrogen) atoms. The number of hydrogen-bond acceptors (Lipinski definition) is 4. The average molecular weight is 465 g/mol. The topological polar surface area (TPSA) is 66.8 Å². The van der Waals surface area contributed by atoms with Gasteiger partial charge in [0.25, 0.3) is 0 Å². The number of aromatic hydroxyl groups is 1. The van der Waals surface area contributed by atoms with Gasteiger partial charge >= 0.3 is 5.97 Å². The normalized spacial score (nSPS) is 10.7. The molecule has 0 fully saturated rings. The smallest absolute Gasteiger partial charge is 0.341 e. The lowest BCUT2D eigenvalue weighted by molar-refractivity contribution is 0.0494. The zero-order valence-corrected chi connectivity index (χ0v) is 21.8. The minimum absolute atomic E-state index is 0.0163. The third kappa shape index (κ3) is 20.8. The van der Waals surface area contributed by atoms with Crippen LogP contribution in [-0.2, 0) is 4.74 Å². The molecule has 0 spiro atoms. The van der Waals surface area contributed by atoms with Crippen molar-refractivity contribution in [3.05, 3.63) is 29.8 Å². The molecule has 2 N–H and O–H groups in total. The molecule has 0 bridgehead atoms.